The van der Waals surface area contributed by atoms with Gasteiger partial charge in [0.15, 0.2) is 0 Å². The van der Waals surface area contributed by atoms with Crippen molar-refractivity contribution in [2.24, 2.45) is 0 Å². The van der Waals surface area contributed by atoms with Crippen LogP contribution in [-0.4, -0.2) is 31.8 Å². The first-order valence-electron chi connectivity index (χ1n) is 8.29. The lowest BCUT2D eigenvalue weighted by Crippen LogP contribution is -2.15. The molecule has 0 radical (unpaired) electrons. The minimum Gasteiger partial charge on any atom is -0.495 e. The van der Waals surface area contributed by atoms with Gasteiger partial charge in [-0.15, -0.1) is 0 Å². The number of H-pyrrole nitrogens is 1. The molecule has 0 fully saturated rings. The summed E-state index contributed by atoms with van der Waals surface area (Å²) >= 11 is 0. The fourth-order valence-corrected chi connectivity index (χ4v) is 2.94. The van der Waals surface area contributed by atoms with Crippen LogP contribution in [0.15, 0.2) is 52.2 Å². The van der Waals surface area contributed by atoms with E-state index in [1.54, 1.807) is 30.3 Å². The number of imidazole rings is 1. The third kappa shape index (κ3) is 2.91. The van der Waals surface area contributed by atoms with Gasteiger partial charge in [-0.3, -0.25) is 9.55 Å². The Morgan fingerprint density at radius 3 is 2.81 bits per heavy atom. The number of nitrogens with zero attached hydrogens (tertiary/aromatic N) is 4. The van der Waals surface area contributed by atoms with Gasteiger partial charge in [-0.25, -0.2) is 4.79 Å². The normalized spacial score (nSPS) is 10.9. The lowest BCUT2D eigenvalue weighted by molar-refractivity contribution is 0.408. The summed E-state index contributed by atoms with van der Waals surface area (Å²) in [5.74, 6) is 1.43. The van der Waals surface area contributed by atoms with Crippen molar-refractivity contribution >= 4 is 0 Å². The van der Waals surface area contributed by atoms with Crippen molar-refractivity contribution in [1.82, 2.24) is 24.7 Å². The highest BCUT2D eigenvalue weighted by atomic mass is 16.5. The van der Waals surface area contributed by atoms with Crippen LogP contribution in [0.4, 0.5) is 0 Å². The Morgan fingerprint density at radius 2 is 2.07 bits per heavy atom. The first-order valence-corrected chi connectivity index (χ1v) is 8.29. The van der Waals surface area contributed by atoms with Gasteiger partial charge in [0, 0.05) is 29.2 Å². The van der Waals surface area contributed by atoms with Crippen molar-refractivity contribution in [1.29, 1.82) is 0 Å². The summed E-state index contributed by atoms with van der Waals surface area (Å²) in [6.07, 6.45) is 4.96. The second kappa shape index (κ2) is 6.56. The number of ether oxygens (including phenoxy) is 1. The molecule has 0 saturated carbocycles. The van der Waals surface area contributed by atoms with E-state index in [9.17, 15) is 4.79 Å². The summed E-state index contributed by atoms with van der Waals surface area (Å²) in [5, 5.41) is 4.08. The van der Waals surface area contributed by atoms with E-state index in [2.05, 4.69) is 20.1 Å². The lowest BCUT2D eigenvalue weighted by Gasteiger charge is -2.06. The van der Waals surface area contributed by atoms with Crippen LogP contribution in [0.3, 0.4) is 0 Å². The number of nitrogens with one attached hydrogen (secondary N) is 1. The monoisotopic (exact) mass is 363 g/mol. The van der Waals surface area contributed by atoms with Crippen molar-refractivity contribution in [2.75, 3.05) is 7.11 Å². The molecule has 1 aromatic carbocycles. The Labute approximate surface area is 154 Å². The Hall–Kier alpha value is -3.68. The molecule has 0 aliphatic rings. The molecular formula is C19H17N5O3. The minimum absolute atomic E-state index is 0.198. The molecule has 8 heteroatoms. The molecule has 4 rings (SSSR count). The van der Waals surface area contributed by atoms with E-state index in [4.69, 9.17) is 9.26 Å². The molecule has 0 atom stereocenters. The predicted molar refractivity (Wildman–Crippen MR) is 98.9 cm³/mol. The van der Waals surface area contributed by atoms with Crippen molar-refractivity contribution in [3.05, 3.63) is 64.6 Å². The topological polar surface area (TPSA) is 98.8 Å². The Kier molecular flexibility index (Phi) is 4.08. The average molecular weight is 363 g/mol. The summed E-state index contributed by atoms with van der Waals surface area (Å²) in [6.45, 7) is 3.76. The van der Waals surface area contributed by atoms with Gasteiger partial charge in [0.2, 0.25) is 5.82 Å². The van der Waals surface area contributed by atoms with Gasteiger partial charge in [0.05, 0.1) is 24.6 Å². The number of benzene rings is 1. The fourth-order valence-electron chi connectivity index (χ4n) is 2.94. The van der Waals surface area contributed by atoms with E-state index < -0.39 is 0 Å². The van der Waals surface area contributed by atoms with Gasteiger partial charge >= 0.3 is 5.69 Å². The maximum atomic E-state index is 12.0. The van der Waals surface area contributed by atoms with Gasteiger partial charge in [-0.1, -0.05) is 17.3 Å². The van der Waals surface area contributed by atoms with Gasteiger partial charge < -0.3 is 14.2 Å². The van der Waals surface area contributed by atoms with Crippen molar-refractivity contribution in [3.8, 4) is 34.3 Å². The molecule has 0 bridgehead atoms. The van der Waals surface area contributed by atoms with E-state index >= 15 is 0 Å². The largest absolute Gasteiger partial charge is 0.495 e. The Morgan fingerprint density at radius 1 is 1.22 bits per heavy atom. The third-order valence-corrected chi connectivity index (χ3v) is 4.37. The number of hydrogen-bond acceptors (Lipinski definition) is 6. The van der Waals surface area contributed by atoms with Crippen LogP contribution in [0.25, 0.3) is 28.5 Å². The maximum Gasteiger partial charge on any atom is 0.330 e. The smallest absolute Gasteiger partial charge is 0.330 e. The van der Waals surface area contributed by atoms with Crippen LogP contribution in [0.2, 0.25) is 0 Å². The molecule has 0 aliphatic carbocycles. The number of aromatic nitrogens is 5. The molecule has 0 spiro atoms. The molecule has 27 heavy (non-hydrogen) atoms. The zero-order chi connectivity index (χ0) is 19.0. The van der Waals surface area contributed by atoms with Gasteiger partial charge in [0.1, 0.15) is 5.75 Å². The minimum atomic E-state index is -0.198. The van der Waals surface area contributed by atoms with Crippen LogP contribution in [0.5, 0.6) is 5.75 Å². The first kappa shape index (κ1) is 16.8. The molecule has 4 aromatic rings. The summed E-state index contributed by atoms with van der Waals surface area (Å²) in [4.78, 5) is 23.3. The van der Waals surface area contributed by atoms with Crippen LogP contribution < -0.4 is 10.4 Å². The Bertz CT molecular complexity index is 1170. The predicted octanol–water partition coefficient (Wildman–Crippen LogP) is 2.90. The SMILES string of the molecule is COc1cncc(-c2nc(-c3cccc(-n4c(C)c[nH]c4=O)c3)no2)c1C. The number of pyridine rings is 1. The first-order chi connectivity index (χ1) is 13.1. The molecule has 3 aromatic heterocycles. The van der Waals surface area contributed by atoms with E-state index in [0.29, 0.717) is 23.0 Å². The molecule has 0 unspecified atom stereocenters. The number of aromatic amines is 1. The third-order valence-electron chi connectivity index (χ3n) is 4.37. The summed E-state index contributed by atoms with van der Waals surface area (Å²) in [6, 6.07) is 7.40. The van der Waals surface area contributed by atoms with Crippen molar-refractivity contribution in [3.63, 3.8) is 0 Å². The van der Waals surface area contributed by atoms with Crippen LogP contribution in [0, 0.1) is 13.8 Å². The van der Waals surface area contributed by atoms with Crippen LogP contribution in [0.1, 0.15) is 11.3 Å². The second-order valence-corrected chi connectivity index (χ2v) is 6.06. The molecule has 0 saturated heterocycles. The zero-order valence-corrected chi connectivity index (χ0v) is 15.1. The highest BCUT2D eigenvalue weighted by molar-refractivity contribution is 5.65. The van der Waals surface area contributed by atoms with Crippen molar-refractivity contribution in [2.45, 2.75) is 13.8 Å². The lowest BCUT2D eigenvalue weighted by atomic mass is 10.1. The summed E-state index contributed by atoms with van der Waals surface area (Å²) < 4.78 is 12.3. The molecular weight excluding hydrogens is 346 g/mol. The molecule has 0 amide bonds. The van der Waals surface area contributed by atoms with E-state index in [-0.39, 0.29) is 5.69 Å². The zero-order valence-electron chi connectivity index (χ0n) is 15.1. The van der Waals surface area contributed by atoms with Gasteiger partial charge in [-0.05, 0) is 26.0 Å². The maximum absolute atomic E-state index is 12.0. The number of aryl methyl sites for hydroxylation is 1. The second-order valence-electron chi connectivity index (χ2n) is 6.06. The molecule has 8 nitrogen and oxygen atoms in total. The quantitative estimate of drug-likeness (QED) is 0.598. The van der Waals surface area contributed by atoms with Crippen LogP contribution >= 0.6 is 0 Å². The van der Waals surface area contributed by atoms with Gasteiger partial charge in [-0.2, -0.15) is 4.98 Å². The molecule has 1 N–H and O–H groups in total. The molecule has 136 valence electrons. The van der Waals surface area contributed by atoms with Gasteiger partial charge in [0.25, 0.3) is 5.89 Å². The van der Waals surface area contributed by atoms with Crippen molar-refractivity contribution < 1.29 is 9.26 Å². The number of hydrogen-bond donors (Lipinski definition) is 1. The summed E-state index contributed by atoms with van der Waals surface area (Å²) in [7, 11) is 1.59. The molecule has 0 aliphatic heterocycles. The highest BCUT2D eigenvalue weighted by Crippen LogP contribution is 2.29. The number of methoxy groups -OCH3 is 1. The van der Waals surface area contributed by atoms with E-state index in [1.165, 1.54) is 0 Å². The standard InChI is InChI=1S/C19H17N5O3/c1-11-8-21-19(25)24(11)14-6-4-5-13(7-14)17-22-18(27-23-17)15-9-20-10-16(26-3)12(15)2/h4-10H,1-3H3,(H,21,25). The highest BCUT2D eigenvalue weighted by Gasteiger charge is 2.16. The average Bonchev–Trinajstić information content (AvgIpc) is 3.29. The Balaban J connectivity index is 1.75. The van der Waals surface area contributed by atoms with E-state index in [1.807, 2.05) is 38.1 Å². The van der Waals surface area contributed by atoms with Crippen LogP contribution in [-0.2, 0) is 0 Å². The fraction of sp³-hybridized carbons (Fsp3) is 0.158. The van der Waals surface area contributed by atoms with E-state index in [0.717, 1.165) is 22.5 Å². The molecule has 3 heterocycles. The summed E-state index contributed by atoms with van der Waals surface area (Å²) in [5.41, 5.74) is 3.65. The number of rotatable bonds is 4.